The van der Waals surface area contributed by atoms with E-state index in [-0.39, 0.29) is 0 Å². The van der Waals surface area contributed by atoms with Gasteiger partial charge in [-0.05, 0) is 25.5 Å². The molecular formula is C12H17BrO3. The molecule has 0 amide bonds. The van der Waals surface area contributed by atoms with Crippen molar-refractivity contribution < 1.29 is 14.2 Å². The van der Waals surface area contributed by atoms with Gasteiger partial charge in [-0.3, -0.25) is 0 Å². The Morgan fingerprint density at radius 1 is 1.19 bits per heavy atom. The lowest BCUT2D eigenvalue weighted by Crippen LogP contribution is -2.01. The molecule has 0 spiro atoms. The molecule has 1 aromatic carbocycles. The van der Waals surface area contributed by atoms with Gasteiger partial charge in [-0.1, -0.05) is 15.9 Å². The van der Waals surface area contributed by atoms with Crippen LogP contribution in [0.25, 0.3) is 0 Å². The fraction of sp³-hybridized carbons (Fsp3) is 0.500. The van der Waals surface area contributed by atoms with Crippen molar-refractivity contribution in [2.45, 2.75) is 13.3 Å². The van der Waals surface area contributed by atoms with Crippen molar-refractivity contribution in [2.24, 2.45) is 0 Å². The molecule has 90 valence electrons. The van der Waals surface area contributed by atoms with Crippen molar-refractivity contribution in [3.8, 4) is 17.2 Å². The first kappa shape index (κ1) is 13.2. The Bertz CT molecular complexity index is 315. The van der Waals surface area contributed by atoms with E-state index in [2.05, 4.69) is 15.9 Å². The van der Waals surface area contributed by atoms with E-state index in [1.54, 1.807) is 7.11 Å². The number of ether oxygens (including phenoxy) is 3. The highest BCUT2D eigenvalue weighted by Crippen LogP contribution is 2.31. The summed E-state index contributed by atoms with van der Waals surface area (Å²) in [6.45, 7) is 3.24. The van der Waals surface area contributed by atoms with Crippen LogP contribution in [0.4, 0.5) is 0 Å². The van der Waals surface area contributed by atoms with E-state index in [1.807, 2.05) is 25.1 Å². The second-order valence-corrected chi connectivity index (χ2v) is 3.93. The standard InChI is InChI=1S/C12H17BrO3/c1-3-15-11-6-5-10(14-2)9-12(11)16-8-4-7-13/h5-6,9H,3-4,7-8H2,1-2H3. The first-order valence-corrected chi connectivity index (χ1v) is 6.43. The predicted molar refractivity (Wildman–Crippen MR) is 68.1 cm³/mol. The Morgan fingerprint density at radius 2 is 2.00 bits per heavy atom. The summed E-state index contributed by atoms with van der Waals surface area (Å²) in [6, 6.07) is 5.58. The third-order valence-electron chi connectivity index (χ3n) is 1.99. The fourth-order valence-electron chi connectivity index (χ4n) is 1.24. The van der Waals surface area contributed by atoms with Gasteiger partial charge in [-0.15, -0.1) is 0 Å². The summed E-state index contributed by atoms with van der Waals surface area (Å²) in [5.74, 6) is 2.28. The minimum atomic E-state index is 0.626. The van der Waals surface area contributed by atoms with Gasteiger partial charge in [0, 0.05) is 11.4 Å². The van der Waals surface area contributed by atoms with Gasteiger partial charge in [0.15, 0.2) is 11.5 Å². The molecule has 0 N–H and O–H groups in total. The molecule has 0 saturated carbocycles. The summed E-state index contributed by atoms with van der Waals surface area (Å²) in [5, 5.41) is 0.931. The number of alkyl halides is 1. The lowest BCUT2D eigenvalue weighted by molar-refractivity contribution is 0.275. The summed E-state index contributed by atoms with van der Waals surface area (Å²) in [4.78, 5) is 0. The molecule has 1 aromatic rings. The molecule has 4 heteroatoms. The van der Waals surface area contributed by atoms with Gasteiger partial charge in [0.1, 0.15) is 5.75 Å². The van der Waals surface area contributed by atoms with Gasteiger partial charge in [0.2, 0.25) is 0 Å². The third kappa shape index (κ3) is 3.93. The average Bonchev–Trinajstić information content (AvgIpc) is 2.31. The van der Waals surface area contributed by atoms with Gasteiger partial charge >= 0.3 is 0 Å². The van der Waals surface area contributed by atoms with Crippen LogP contribution in [0.3, 0.4) is 0 Å². The number of methoxy groups -OCH3 is 1. The lowest BCUT2D eigenvalue weighted by atomic mass is 10.3. The normalized spacial score (nSPS) is 9.94. The summed E-state index contributed by atoms with van der Waals surface area (Å²) in [7, 11) is 1.64. The quantitative estimate of drug-likeness (QED) is 0.569. The van der Waals surface area contributed by atoms with Gasteiger partial charge in [-0.2, -0.15) is 0 Å². The SMILES string of the molecule is CCOc1ccc(OC)cc1OCCCBr. The second-order valence-electron chi connectivity index (χ2n) is 3.14. The van der Waals surface area contributed by atoms with Crippen LogP contribution in [0.2, 0.25) is 0 Å². The van der Waals surface area contributed by atoms with E-state index in [0.717, 1.165) is 29.0 Å². The molecule has 0 aliphatic rings. The Labute approximate surface area is 105 Å². The molecule has 0 atom stereocenters. The van der Waals surface area contributed by atoms with Crippen molar-refractivity contribution >= 4 is 15.9 Å². The zero-order chi connectivity index (χ0) is 11.8. The smallest absolute Gasteiger partial charge is 0.164 e. The molecular weight excluding hydrogens is 272 g/mol. The van der Waals surface area contributed by atoms with Crippen LogP contribution in [0, 0.1) is 0 Å². The Morgan fingerprint density at radius 3 is 2.62 bits per heavy atom. The second kappa shape index (κ2) is 7.39. The first-order valence-electron chi connectivity index (χ1n) is 5.31. The molecule has 0 saturated heterocycles. The molecule has 0 unspecified atom stereocenters. The highest BCUT2D eigenvalue weighted by atomic mass is 79.9. The highest BCUT2D eigenvalue weighted by molar-refractivity contribution is 9.09. The molecule has 0 heterocycles. The topological polar surface area (TPSA) is 27.7 Å². The summed E-state index contributed by atoms with van der Waals surface area (Å²) >= 11 is 3.36. The monoisotopic (exact) mass is 288 g/mol. The number of hydrogen-bond donors (Lipinski definition) is 0. The minimum absolute atomic E-state index is 0.626. The lowest BCUT2D eigenvalue weighted by Gasteiger charge is -2.12. The molecule has 1 rings (SSSR count). The van der Waals surface area contributed by atoms with Gasteiger partial charge in [0.05, 0.1) is 20.3 Å². The summed E-state index contributed by atoms with van der Waals surface area (Å²) < 4.78 is 16.3. The molecule has 0 bridgehead atoms. The van der Waals surface area contributed by atoms with Crippen molar-refractivity contribution in [1.82, 2.24) is 0 Å². The molecule has 0 fully saturated rings. The van der Waals surface area contributed by atoms with Crippen LogP contribution in [-0.4, -0.2) is 25.7 Å². The molecule has 16 heavy (non-hydrogen) atoms. The third-order valence-corrected chi connectivity index (χ3v) is 2.55. The van der Waals surface area contributed by atoms with Crippen LogP contribution in [0.1, 0.15) is 13.3 Å². The van der Waals surface area contributed by atoms with Crippen molar-refractivity contribution in [3.63, 3.8) is 0 Å². The average molecular weight is 289 g/mol. The number of hydrogen-bond acceptors (Lipinski definition) is 3. The van der Waals surface area contributed by atoms with Crippen molar-refractivity contribution in [1.29, 1.82) is 0 Å². The van der Waals surface area contributed by atoms with E-state index in [9.17, 15) is 0 Å². The van der Waals surface area contributed by atoms with Crippen LogP contribution in [0.15, 0.2) is 18.2 Å². The number of benzene rings is 1. The van der Waals surface area contributed by atoms with Gasteiger partial charge in [-0.25, -0.2) is 0 Å². The maximum atomic E-state index is 5.64. The van der Waals surface area contributed by atoms with Gasteiger partial charge in [0.25, 0.3) is 0 Å². The molecule has 0 aliphatic carbocycles. The van der Waals surface area contributed by atoms with E-state index >= 15 is 0 Å². The molecule has 3 nitrogen and oxygen atoms in total. The first-order chi connectivity index (χ1) is 7.81. The minimum Gasteiger partial charge on any atom is -0.497 e. The number of rotatable bonds is 7. The Hall–Kier alpha value is -0.900. The van der Waals surface area contributed by atoms with Crippen LogP contribution >= 0.6 is 15.9 Å². The zero-order valence-corrected chi connectivity index (χ0v) is 11.2. The van der Waals surface area contributed by atoms with Gasteiger partial charge < -0.3 is 14.2 Å². The Balaban J connectivity index is 2.74. The van der Waals surface area contributed by atoms with Crippen LogP contribution in [-0.2, 0) is 0 Å². The summed E-state index contributed by atoms with van der Waals surface area (Å²) in [6.07, 6.45) is 0.961. The predicted octanol–water partition coefficient (Wildman–Crippen LogP) is 3.26. The molecule has 0 radical (unpaired) electrons. The zero-order valence-electron chi connectivity index (χ0n) is 9.66. The van der Waals surface area contributed by atoms with E-state index in [1.165, 1.54) is 0 Å². The maximum absolute atomic E-state index is 5.64. The van der Waals surface area contributed by atoms with E-state index in [4.69, 9.17) is 14.2 Å². The number of halogens is 1. The maximum Gasteiger partial charge on any atom is 0.164 e. The molecule has 0 aromatic heterocycles. The van der Waals surface area contributed by atoms with Crippen LogP contribution < -0.4 is 14.2 Å². The Kier molecular flexibility index (Phi) is 6.08. The molecule has 0 aliphatic heterocycles. The van der Waals surface area contributed by atoms with Crippen LogP contribution in [0.5, 0.6) is 17.2 Å². The van der Waals surface area contributed by atoms with E-state index in [0.29, 0.717) is 13.2 Å². The van der Waals surface area contributed by atoms with Crippen molar-refractivity contribution in [3.05, 3.63) is 18.2 Å². The highest BCUT2D eigenvalue weighted by Gasteiger charge is 2.06. The van der Waals surface area contributed by atoms with E-state index < -0.39 is 0 Å². The largest absolute Gasteiger partial charge is 0.497 e. The summed E-state index contributed by atoms with van der Waals surface area (Å²) in [5.41, 5.74) is 0. The van der Waals surface area contributed by atoms with Crippen molar-refractivity contribution in [2.75, 3.05) is 25.7 Å². The fourth-order valence-corrected chi connectivity index (χ4v) is 1.47.